The summed E-state index contributed by atoms with van der Waals surface area (Å²) in [6.45, 7) is 7.31. The summed E-state index contributed by atoms with van der Waals surface area (Å²) in [5.41, 5.74) is 6.59. The average molecular weight is 251 g/mol. The molecule has 18 heavy (non-hydrogen) atoms. The topological polar surface area (TPSA) is 77.2 Å². The SMILES string of the molecule is COC(=O)c1cc(NCCC(C)(C)C)ncc1N. The smallest absolute Gasteiger partial charge is 0.340 e. The molecular weight excluding hydrogens is 230 g/mol. The molecule has 0 aliphatic rings. The van der Waals surface area contributed by atoms with Gasteiger partial charge >= 0.3 is 5.97 Å². The Morgan fingerprint density at radius 3 is 2.72 bits per heavy atom. The van der Waals surface area contributed by atoms with Gasteiger partial charge in [-0.3, -0.25) is 0 Å². The number of esters is 1. The quantitative estimate of drug-likeness (QED) is 0.803. The number of pyridine rings is 1. The van der Waals surface area contributed by atoms with Crippen LogP contribution in [0.2, 0.25) is 0 Å². The number of carbonyl (C=O) groups excluding carboxylic acids is 1. The van der Waals surface area contributed by atoms with E-state index in [0.717, 1.165) is 13.0 Å². The number of nitrogens with one attached hydrogen (secondary N) is 1. The van der Waals surface area contributed by atoms with Crippen molar-refractivity contribution in [1.82, 2.24) is 4.98 Å². The van der Waals surface area contributed by atoms with Crippen LogP contribution >= 0.6 is 0 Å². The number of methoxy groups -OCH3 is 1. The summed E-state index contributed by atoms with van der Waals surface area (Å²) < 4.78 is 4.66. The fraction of sp³-hybridized carbons (Fsp3) is 0.538. The summed E-state index contributed by atoms with van der Waals surface area (Å²) in [5.74, 6) is 0.183. The van der Waals surface area contributed by atoms with E-state index in [4.69, 9.17) is 5.73 Å². The minimum absolute atomic E-state index is 0.256. The fourth-order valence-corrected chi connectivity index (χ4v) is 1.41. The number of carbonyl (C=O) groups is 1. The Kier molecular flexibility index (Phi) is 4.53. The van der Waals surface area contributed by atoms with Crippen molar-refractivity contribution in [2.24, 2.45) is 5.41 Å². The average Bonchev–Trinajstić information content (AvgIpc) is 2.28. The van der Waals surface area contributed by atoms with Gasteiger partial charge in [-0.25, -0.2) is 9.78 Å². The largest absolute Gasteiger partial charge is 0.465 e. The summed E-state index contributed by atoms with van der Waals surface area (Å²) in [4.78, 5) is 15.6. The summed E-state index contributed by atoms with van der Waals surface area (Å²) in [7, 11) is 1.33. The van der Waals surface area contributed by atoms with Gasteiger partial charge in [0.25, 0.3) is 0 Å². The molecule has 0 atom stereocenters. The second-order valence-electron chi connectivity index (χ2n) is 5.39. The van der Waals surface area contributed by atoms with E-state index in [1.165, 1.54) is 13.3 Å². The highest BCUT2D eigenvalue weighted by atomic mass is 16.5. The van der Waals surface area contributed by atoms with E-state index >= 15 is 0 Å². The zero-order valence-corrected chi connectivity index (χ0v) is 11.4. The number of hydrogen-bond donors (Lipinski definition) is 2. The molecule has 0 aliphatic heterocycles. The Balaban J connectivity index is 2.71. The molecule has 0 spiro atoms. The normalized spacial score (nSPS) is 11.1. The highest BCUT2D eigenvalue weighted by Crippen LogP contribution is 2.19. The van der Waals surface area contributed by atoms with E-state index in [-0.39, 0.29) is 5.41 Å². The number of ether oxygens (including phenoxy) is 1. The maximum atomic E-state index is 11.5. The van der Waals surface area contributed by atoms with Gasteiger partial charge in [-0.05, 0) is 17.9 Å². The van der Waals surface area contributed by atoms with Gasteiger partial charge < -0.3 is 15.8 Å². The number of rotatable bonds is 4. The summed E-state index contributed by atoms with van der Waals surface area (Å²) in [6, 6.07) is 1.61. The summed E-state index contributed by atoms with van der Waals surface area (Å²) in [5, 5.41) is 3.17. The Bertz CT molecular complexity index is 425. The Hall–Kier alpha value is -1.78. The summed E-state index contributed by atoms with van der Waals surface area (Å²) in [6.07, 6.45) is 2.47. The highest BCUT2D eigenvalue weighted by Gasteiger charge is 2.12. The lowest BCUT2D eigenvalue weighted by Gasteiger charge is -2.18. The predicted octanol–water partition coefficient (Wildman–Crippen LogP) is 2.30. The van der Waals surface area contributed by atoms with Gasteiger partial charge in [0.05, 0.1) is 24.6 Å². The number of aromatic nitrogens is 1. The Morgan fingerprint density at radius 2 is 2.17 bits per heavy atom. The first-order chi connectivity index (χ1) is 8.33. The van der Waals surface area contributed by atoms with Crippen LogP contribution < -0.4 is 11.1 Å². The van der Waals surface area contributed by atoms with E-state index in [0.29, 0.717) is 17.1 Å². The number of anilines is 2. The molecule has 100 valence electrons. The molecule has 0 aromatic carbocycles. The van der Waals surface area contributed by atoms with E-state index < -0.39 is 5.97 Å². The monoisotopic (exact) mass is 251 g/mol. The zero-order valence-electron chi connectivity index (χ0n) is 11.4. The van der Waals surface area contributed by atoms with Crippen molar-refractivity contribution in [2.45, 2.75) is 27.2 Å². The molecule has 1 aromatic heterocycles. The van der Waals surface area contributed by atoms with Crippen LogP contribution in [-0.2, 0) is 4.74 Å². The number of nitrogen functional groups attached to an aromatic ring is 1. The van der Waals surface area contributed by atoms with Crippen LogP contribution in [-0.4, -0.2) is 24.6 Å². The number of nitrogens with two attached hydrogens (primary N) is 1. The first kappa shape index (κ1) is 14.3. The standard InChI is InChI=1S/C13H21N3O2/c1-13(2,3)5-6-15-11-7-9(12(17)18-4)10(14)8-16-11/h7-8H,5-6,14H2,1-4H3,(H,15,16). The molecule has 1 heterocycles. The molecular formula is C13H21N3O2. The Morgan fingerprint density at radius 1 is 1.50 bits per heavy atom. The lowest BCUT2D eigenvalue weighted by atomic mass is 9.92. The zero-order chi connectivity index (χ0) is 13.8. The van der Waals surface area contributed by atoms with Gasteiger partial charge in [0, 0.05) is 6.54 Å². The molecule has 0 aliphatic carbocycles. The van der Waals surface area contributed by atoms with Crippen LogP contribution in [0.15, 0.2) is 12.3 Å². The lowest BCUT2D eigenvalue weighted by Crippen LogP contribution is -2.14. The Labute approximate surface area is 108 Å². The summed E-state index contributed by atoms with van der Waals surface area (Å²) >= 11 is 0. The maximum absolute atomic E-state index is 11.5. The van der Waals surface area contributed by atoms with Gasteiger partial charge in [-0.2, -0.15) is 0 Å². The van der Waals surface area contributed by atoms with Crippen molar-refractivity contribution in [3.8, 4) is 0 Å². The van der Waals surface area contributed by atoms with Gasteiger partial charge in [-0.1, -0.05) is 20.8 Å². The molecule has 0 saturated heterocycles. The third-order valence-electron chi connectivity index (χ3n) is 2.52. The van der Waals surface area contributed by atoms with Gasteiger partial charge in [0.1, 0.15) is 5.82 Å². The highest BCUT2D eigenvalue weighted by molar-refractivity contribution is 5.95. The molecule has 1 aromatic rings. The van der Waals surface area contributed by atoms with Crippen molar-refractivity contribution < 1.29 is 9.53 Å². The van der Waals surface area contributed by atoms with Crippen LogP contribution in [0.3, 0.4) is 0 Å². The number of hydrogen-bond acceptors (Lipinski definition) is 5. The minimum atomic E-state index is -0.450. The van der Waals surface area contributed by atoms with Crippen molar-refractivity contribution in [1.29, 1.82) is 0 Å². The van der Waals surface area contributed by atoms with Crippen LogP contribution in [0.5, 0.6) is 0 Å². The number of nitrogens with zero attached hydrogens (tertiary/aromatic N) is 1. The van der Waals surface area contributed by atoms with Crippen molar-refractivity contribution in [3.05, 3.63) is 17.8 Å². The first-order valence-corrected chi connectivity index (χ1v) is 5.91. The fourth-order valence-electron chi connectivity index (χ4n) is 1.41. The minimum Gasteiger partial charge on any atom is -0.465 e. The van der Waals surface area contributed by atoms with Gasteiger partial charge in [-0.15, -0.1) is 0 Å². The van der Waals surface area contributed by atoms with E-state index in [1.807, 2.05) is 0 Å². The van der Waals surface area contributed by atoms with E-state index in [1.54, 1.807) is 6.07 Å². The molecule has 0 unspecified atom stereocenters. The predicted molar refractivity (Wildman–Crippen MR) is 72.6 cm³/mol. The van der Waals surface area contributed by atoms with E-state index in [9.17, 15) is 4.79 Å². The molecule has 0 radical (unpaired) electrons. The van der Waals surface area contributed by atoms with Gasteiger partial charge in [0.15, 0.2) is 0 Å². The van der Waals surface area contributed by atoms with Crippen molar-refractivity contribution in [3.63, 3.8) is 0 Å². The van der Waals surface area contributed by atoms with Crippen LogP contribution in [0.4, 0.5) is 11.5 Å². The molecule has 0 amide bonds. The molecule has 3 N–H and O–H groups in total. The maximum Gasteiger partial charge on any atom is 0.340 e. The van der Waals surface area contributed by atoms with Gasteiger partial charge in [0.2, 0.25) is 0 Å². The van der Waals surface area contributed by atoms with Crippen molar-refractivity contribution in [2.75, 3.05) is 24.7 Å². The molecule has 1 rings (SSSR count). The molecule has 0 bridgehead atoms. The third-order valence-corrected chi connectivity index (χ3v) is 2.52. The van der Waals surface area contributed by atoms with Crippen LogP contribution in [0.25, 0.3) is 0 Å². The van der Waals surface area contributed by atoms with Crippen LogP contribution in [0.1, 0.15) is 37.6 Å². The van der Waals surface area contributed by atoms with Crippen molar-refractivity contribution >= 4 is 17.5 Å². The molecule has 5 heteroatoms. The molecule has 5 nitrogen and oxygen atoms in total. The molecule has 0 fully saturated rings. The first-order valence-electron chi connectivity index (χ1n) is 5.91. The second kappa shape index (κ2) is 5.71. The molecule has 0 saturated carbocycles. The third kappa shape index (κ3) is 4.24. The lowest BCUT2D eigenvalue weighted by molar-refractivity contribution is 0.0602. The van der Waals surface area contributed by atoms with Crippen LogP contribution in [0, 0.1) is 5.41 Å². The van der Waals surface area contributed by atoms with E-state index in [2.05, 4.69) is 35.8 Å². The second-order valence-corrected chi connectivity index (χ2v) is 5.39.